The molecule has 5 fully saturated rings. The van der Waals surface area contributed by atoms with Crippen molar-refractivity contribution in [3.8, 4) is 11.3 Å². The first-order valence-electron chi connectivity index (χ1n) is 13.6. The molecule has 5 aliphatic rings. The van der Waals surface area contributed by atoms with Gasteiger partial charge in [0.15, 0.2) is 0 Å². The summed E-state index contributed by atoms with van der Waals surface area (Å²) in [5, 5.41) is 18.7. The second kappa shape index (κ2) is 8.52. The van der Waals surface area contributed by atoms with Gasteiger partial charge in [-0.05, 0) is 87.0 Å². The molecule has 4 bridgehead atoms. The van der Waals surface area contributed by atoms with Crippen LogP contribution in [0.25, 0.3) is 21.5 Å². The van der Waals surface area contributed by atoms with Crippen LogP contribution in [0.2, 0.25) is 10.0 Å². The topological polar surface area (TPSA) is 68.4 Å². The molecule has 2 aromatic heterocycles. The summed E-state index contributed by atoms with van der Waals surface area (Å²) in [4.78, 5) is 4.92. The minimum Gasteiger partial charge on any atom is -0.382 e. The van der Waals surface area contributed by atoms with Crippen LogP contribution in [-0.4, -0.2) is 20.8 Å². The minimum atomic E-state index is -0.875. The number of thiazole rings is 1. The van der Waals surface area contributed by atoms with Crippen molar-refractivity contribution in [3.63, 3.8) is 0 Å². The van der Waals surface area contributed by atoms with Gasteiger partial charge in [-0.3, -0.25) is 0 Å². The van der Waals surface area contributed by atoms with E-state index in [9.17, 15) is 5.11 Å². The zero-order valence-electron chi connectivity index (χ0n) is 20.8. The second-order valence-corrected chi connectivity index (χ2v) is 13.7. The largest absolute Gasteiger partial charge is 0.382 e. The first kappa shape index (κ1) is 23.9. The molecule has 8 heteroatoms. The van der Waals surface area contributed by atoms with Gasteiger partial charge >= 0.3 is 0 Å². The van der Waals surface area contributed by atoms with E-state index < -0.39 is 5.60 Å². The van der Waals surface area contributed by atoms with Crippen LogP contribution in [0.1, 0.15) is 67.2 Å². The number of halogens is 2. The molecular weight excluding hydrogens is 539 g/mol. The van der Waals surface area contributed by atoms with Gasteiger partial charge in [0, 0.05) is 17.0 Å². The fourth-order valence-electron chi connectivity index (χ4n) is 7.76. The lowest BCUT2D eigenvalue weighted by Crippen LogP contribution is -2.62. The maximum Gasteiger partial charge on any atom is 0.145 e. The fourth-order valence-corrected chi connectivity index (χ4v) is 9.55. The average Bonchev–Trinajstić information content (AvgIpc) is 3.50. The first-order chi connectivity index (χ1) is 18.4. The molecule has 0 saturated heterocycles. The maximum absolute atomic E-state index is 12.2. The number of hydrogen-bond donors (Lipinski definition) is 1. The summed E-state index contributed by atoms with van der Waals surface area (Å²) in [7, 11) is 0. The van der Waals surface area contributed by atoms with E-state index in [2.05, 4.69) is 11.2 Å². The highest BCUT2D eigenvalue weighted by atomic mass is 35.5. The van der Waals surface area contributed by atoms with Gasteiger partial charge in [-0.15, -0.1) is 11.3 Å². The summed E-state index contributed by atoms with van der Waals surface area (Å²) in [5.74, 6) is 2.17. The molecule has 0 spiro atoms. The number of para-hydroxylation sites is 1. The van der Waals surface area contributed by atoms with Gasteiger partial charge in [-0.2, -0.15) is 0 Å². The van der Waals surface area contributed by atoms with Crippen LogP contribution in [0.3, 0.4) is 0 Å². The minimum absolute atomic E-state index is 0.150. The third kappa shape index (κ3) is 3.57. The van der Waals surface area contributed by atoms with E-state index >= 15 is 0 Å². The van der Waals surface area contributed by atoms with Crippen molar-refractivity contribution in [3.05, 3.63) is 68.8 Å². The van der Waals surface area contributed by atoms with Crippen molar-refractivity contribution in [2.75, 3.05) is 0 Å². The molecule has 0 amide bonds. The number of benzene rings is 2. The van der Waals surface area contributed by atoms with E-state index in [-0.39, 0.29) is 17.4 Å². The van der Waals surface area contributed by atoms with Crippen molar-refractivity contribution < 1.29 is 14.4 Å². The first-order valence-corrected chi connectivity index (χ1v) is 15.2. The molecule has 4 aromatic rings. The Morgan fingerprint density at radius 2 is 1.74 bits per heavy atom. The fraction of sp³-hybridized carbons (Fsp3) is 0.467. The molecular formula is C30H28Cl2N2O3S. The summed E-state index contributed by atoms with van der Waals surface area (Å²) >= 11 is 14.8. The monoisotopic (exact) mass is 566 g/mol. The van der Waals surface area contributed by atoms with E-state index in [4.69, 9.17) is 37.4 Å². The van der Waals surface area contributed by atoms with Crippen LogP contribution < -0.4 is 0 Å². The normalized spacial score (nSPS) is 31.9. The van der Waals surface area contributed by atoms with Gasteiger partial charge in [-0.25, -0.2) is 4.98 Å². The molecule has 38 heavy (non-hydrogen) atoms. The number of fused-ring (bicyclic) bond motifs is 1. The lowest BCUT2D eigenvalue weighted by atomic mass is 9.48. The summed E-state index contributed by atoms with van der Waals surface area (Å²) in [6.07, 6.45) is 7.01. The van der Waals surface area contributed by atoms with E-state index in [0.29, 0.717) is 39.7 Å². The third-order valence-corrected chi connectivity index (χ3v) is 11.3. The quantitative estimate of drug-likeness (QED) is 0.255. The Labute approximate surface area is 235 Å². The maximum atomic E-state index is 12.2. The number of hydrogen-bond acceptors (Lipinski definition) is 6. The van der Waals surface area contributed by atoms with E-state index in [0.717, 1.165) is 71.5 Å². The Bertz CT molecular complexity index is 1490. The SMILES string of the molecule is OC1(c2nc3ccccc3s2)[C@@H]2CC3C[C@H]1CC(OCc1c(-c4c(Cl)cccc4Cl)noc1C1CC1)(C3)C2. The number of aliphatic hydroxyl groups is 1. The summed E-state index contributed by atoms with van der Waals surface area (Å²) in [6.45, 7) is 0.415. The highest BCUT2D eigenvalue weighted by molar-refractivity contribution is 7.18. The Hall–Kier alpha value is -1.96. The lowest BCUT2D eigenvalue weighted by Gasteiger charge is -2.62. The predicted octanol–water partition coefficient (Wildman–Crippen LogP) is 8.12. The van der Waals surface area contributed by atoms with Crippen LogP contribution in [0.4, 0.5) is 0 Å². The highest BCUT2D eigenvalue weighted by Crippen LogP contribution is 2.65. The molecule has 1 N–H and O–H groups in total. The van der Waals surface area contributed by atoms with Gasteiger partial charge in [0.1, 0.15) is 22.1 Å². The van der Waals surface area contributed by atoms with E-state index in [1.165, 1.54) is 0 Å². The highest BCUT2D eigenvalue weighted by Gasteiger charge is 2.64. The summed E-state index contributed by atoms with van der Waals surface area (Å²) in [6, 6.07) is 13.7. The smallest absolute Gasteiger partial charge is 0.145 e. The standard InChI is InChI=1S/C30H28Cl2N2O3S/c31-21-4-3-5-22(32)25(21)26-20(27(37-34-26)17-8-9-17)15-36-29-12-16-10-18(13-29)30(35,19(11-16)14-29)28-33-23-6-1-2-7-24(23)38-28/h1-7,16-19,35H,8-15H2/t16?,18-,19+,29?,30?. The van der Waals surface area contributed by atoms with E-state index in [1.54, 1.807) is 11.3 Å². The van der Waals surface area contributed by atoms with Crippen molar-refractivity contribution in [2.45, 2.75) is 68.7 Å². The zero-order chi connectivity index (χ0) is 25.6. The zero-order valence-corrected chi connectivity index (χ0v) is 23.2. The number of ether oxygens (including phenoxy) is 1. The Morgan fingerprint density at radius 3 is 2.45 bits per heavy atom. The van der Waals surface area contributed by atoms with Gasteiger partial charge in [0.25, 0.3) is 0 Å². The molecule has 5 atom stereocenters. The van der Waals surface area contributed by atoms with Crippen LogP contribution >= 0.6 is 34.5 Å². The average molecular weight is 568 g/mol. The van der Waals surface area contributed by atoms with Crippen LogP contribution in [0.15, 0.2) is 47.0 Å². The second-order valence-electron chi connectivity index (χ2n) is 11.9. The predicted molar refractivity (Wildman–Crippen MR) is 149 cm³/mol. The molecule has 2 aromatic carbocycles. The van der Waals surface area contributed by atoms with Gasteiger partial charge < -0.3 is 14.4 Å². The summed E-state index contributed by atoms with van der Waals surface area (Å²) < 4.78 is 13.9. The number of nitrogens with zero attached hydrogens (tertiary/aromatic N) is 2. The molecule has 5 saturated carbocycles. The molecule has 9 rings (SSSR count). The number of rotatable bonds is 6. The van der Waals surface area contributed by atoms with Crippen molar-refractivity contribution in [2.24, 2.45) is 17.8 Å². The molecule has 5 nitrogen and oxygen atoms in total. The molecule has 196 valence electrons. The summed E-state index contributed by atoms with van der Waals surface area (Å²) in [5.41, 5.74) is 2.23. The van der Waals surface area contributed by atoms with Crippen molar-refractivity contribution >= 4 is 44.8 Å². The molecule has 2 heterocycles. The Kier molecular flexibility index (Phi) is 5.35. The molecule has 0 aliphatic heterocycles. The van der Waals surface area contributed by atoms with Crippen LogP contribution in [0.5, 0.6) is 0 Å². The van der Waals surface area contributed by atoms with Crippen molar-refractivity contribution in [1.29, 1.82) is 0 Å². The molecule has 5 aliphatic carbocycles. The Morgan fingerprint density at radius 1 is 1.00 bits per heavy atom. The lowest BCUT2D eigenvalue weighted by molar-refractivity contribution is -0.250. The van der Waals surface area contributed by atoms with Crippen molar-refractivity contribution in [1.82, 2.24) is 10.1 Å². The van der Waals surface area contributed by atoms with Crippen LogP contribution in [0, 0.1) is 17.8 Å². The van der Waals surface area contributed by atoms with E-state index in [1.807, 2.05) is 36.4 Å². The molecule has 3 unspecified atom stereocenters. The van der Waals surface area contributed by atoms with Gasteiger partial charge in [0.05, 0.1) is 32.5 Å². The van der Waals surface area contributed by atoms with Crippen LogP contribution in [-0.2, 0) is 16.9 Å². The Balaban J connectivity index is 1.11. The number of aromatic nitrogens is 2. The van der Waals surface area contributed by atoms with Gasteiger partial charge in [0.2, 0.25) is 0 Å². The van der Waals surface area contributed by atoms with Gasteiger partial charge in [-0.1, -0.05) is 46.6 Å². The molecule has 0 radical (unpaired) electrons. The third-order valence-electron chi connectivity index (χ3n) is 9.50.